The number of nitrogens with zero attached hydrogens (tertiary/aromatic N) is 2. The van der Waals surface area contributed by atoms with Gasteiger partial charge in [-0.05, 0) is 18.2 Å². The van der Waals surface area contributed by atoms with Gasteiger partial charge in [-0.15, -0.1) is 0 Å². The normalized spacial score (nSPS) is 15.8. The second-order valence-electron chi connectivity index (χ2n) is 6.28. The van der Waals surface area contributed by atoms with Crippen LogP contribution in [0.1, 0.15) is 5.56 Å². The van der Waals surface area contributed by atoms with E-state index in [1.165, 1.54) is 6.08 Å². The lowest BCUT2D eigenvalue weighted by molar-refractivity contribution is -0.347. The maximum Gasteiger partial charge on any atom is 0.460 e. The molecule has 0 radical (unpaired) electrons. The number of rotatable bonds is 6. The highest BCUT2D eigenvalue weighted by Crippen LogP contribution is 2.47. The zero-order chi connectivity index (χ0) is 26.1. The van der Waals surface area contributed by atoms with Gasteiger partial charge in [-0.3, -0.25) is 0 Å². The second kappa shape index (κ2) is 9.23. The molecule has 1 aromatic heterocycles. The van der Waals surface area contributed by atoms with E-state index in [9.17, 15) is 48.7 Å². The number of pyridine rings is 1. The van der Waals surface area contributed by atoms with Crippen LogP contribution in [0, 0.1) is 0 Å². The van der Waals surface area contributed by atoms with E-state index >= 15 is 0 Å². The predicted molar refractivity (Wildman–Crippen MR) is 93.1 cm³/mol. The summed E-state index contributed by atoms with van der Waals surface area (Å²) < 4.78 is 135. The fourth-order valence-electron chi connectivity index (χ4n) is 2.08. The van der Waals surface area contributed by atoms with Crippen LogP contribution in [0.4, 0.5) is 43.9 Å². The van der Waals surface area contributed by atoms with Gasteiger partial charge in [0, 0.05) is 18.9 Å². The number of carbonyl (C=O) groups is 1. The molecule has 6 nitrogen and oxygen atoms in total. The number of ether oxygens (including phenoxy) is 2. The minimum absolute atomic E-state index is 0.0149. The van der Waals surface area contributed by atoms with Crippen LogP contribution in [0.15, 0.2) is 48.5 Å². The first-order chi connectivity index (χ1) is 15.4. The molecule has 1 aliphatic rings. The first-order valence-corrected chi connectivity index (χ1v) is 8.80. The summed E-state index contributed by atoms with van der Waals surface area (Å²) in [5.41, 5.74) is 4.28. The minimum Gasteiger partial charge on any atom is -0.438 e. The Hall–Kier alpha value is -3.17. The topological polar surface area (TPSA) is 77.7 Å². The lowest BCUT2D eigenvalue weighted by atomic mass is 10.1. The number of hydrogen-bond donors (Lipinski definition) is 1. The lowest BCUT2D eigenvalue weighted by Gasteiger charge is -2.26. The van der Waals surface area contributed by atoms with Crippen LogP contribution in [0.2, 0.25) is 5.02 Å². The van der Waals surface area contributed by atoms with E-state index in [0.717, 1.165) is 17.2 Å². The van der Waals surface area contributed by atoms with Crippen LogP contribution in [-0.4, -0.2) is 40.4 Å². The van der Waals surface area contributed by atoms with Gasteiger partial charge in [0.05, 0.1) is 5.56 Å². The van der Waals surface area contributed by atoms with Crippen LogP contribution in [0.25, 0.3) is 0 Å². The van der Waals surface area contributed by atoms with Gasteiger partial charge in [-0.25, -0.2) is 9.78 Å². The number of hydrogen-bond acceptors (Lipinski definition) is 6. The molecule has 0 aliphatic carbocycles. The quantitative estimate of drug-likeness (QED) is 0.318. The highest BCUT2D eigenvalue weighted by molar-refractivity contribution is 6.31. The van der Waals surface area contributed by atoms with Crippen LogP contribution in [-0.2, 0) is 15.7 Å². The van der Waals surface area contributed by atoms with Gasteiger partial charge in [-0.1, -0.05) is 11.6 Å². The molecule has 34 heavy (non-hydrogen) atoms. The van der Waals surface area contributed by atoms with Crippen molar-refractivity contribution >= 4 is 17.6 Å². The molecule has 0 saturated carbocycles. The summed E-state index contributed by atoms with van der Waals surface area (Å²) in [7, 11) is 0. The molecular formula is C17H10ClF10N3O3. The summed E-state index contributed by atoms with van der Waals surface area (Å²) >= 11 is 5.69. The third-order valence-electron chi connectivity index (χ3n) is 3.88. The van der Waals surface area contributed by atoms with Gasteiger partial charge >= 0.3 is 30.2 Å². The smallest absolute Gasteiger partial charge is 0.438 e. The summed E-state index contributed by atoms with van der Waals surface area (Å²) in [5, 5.41) is -0.477. The molecule has 0 aromatic carbocycles. The Labute approximate surface area is 187 Å². The van der Waals surface area contributed by atoms with Gasteiger partial charge in [-0.2, -0.15) is 43.9 Å². The monoisotopic (exact) mass is 529 g/mol. The standard InChI is InChI=1S/C17H10ClF10N3O3/c18-10-5-8(15(21,22)23)6-30-12(10)34-9-1-3-31(4-2-9)11(29)7-33-13(32)14(19,20)16(24,25)17(26,27)28/h1-3,5-7H,4,29H2/b11-7+. The number of nitrogens with two attached hydrogens (primary N) is 1. The summed E-state index contributed by atoms with van der Waals surface area (Å²) in [5.74, 6) is -17.2. The van der Waals surface area contributed by atoms with E-state index in [0.29, 0.717) is 12.3 Å². The first-order valence-electron chi connectivity index (χ1n) is 8.42. The number of aromatic nitrogens is 1. The van der Waals surface area contributed by atoms with Crippen LogP contribution in [0.5, 0.6) is 5.88 Å². The molecule has 0 unspecified atom stereocenters. The van der Waals surface area contributed by atoms with Gasteiger partial charge in [0.25, 0.3) is 0 Å². The van der Waals surface area contributed by atoms with E-state index in [1.54, 1.807) is 0 Å². The maximum absolute atomic E-state index is 13.2. The fraction of sp³-hybridized carbons (Fsp3) is 0.294. The third-order valence-corrected chi connectivity index (χ3v) is 4.15. The van der Waals surface area contributed by atoms with Crippen molar-refractivity contribution < 1.29 is 58.2 Å². The Morgan fingerprint density at radius 3 is 2.21 bits per heavy atom. The first kappa shape index (κ1) is 27.1. The summed E-state index contributed by atoms with van der Waals surface area (Å²) in [6, 6.07) is 0.566. The number of carbonyl (C=O) groups excluding carboxylic acids is 1. The molecule has 188 valence electrons. The van der Waals surface area contributed by atoms with E-state index in [4.69, 9.17) is 22.1 Å². The van der Waals surface area contributed by atoms with Crippen molar-refractivity contribution in [2.24, 2.45) is 5.73 Å². The van der Waals surface area contributed by atoms with E-state index in [1.807, 2.05) is 0 Å². The molecule has 0 bridgehead atoms. The van der Waals surface area contributed by atoms with Crippen LogP contribution < -0.4 is 10.5 Å². The highest BCUT2D eigenvalue weighted by Gasteiger charge is 2.77. The minimum atomic E-state index is -6.73. The van der Waals surface area contributed by atoms with Gasteiger partial charge in [0.1, 0.15) is 22.9 Å². The zero-order valence-electron chi connectivity index (χ0n) is 16.0. The maximum atomic E-state index is 13.2. The van der Waals surface area contributed by atoms with Crippen molar-refractivity contribution in [1.82, 2.24) is 9.88 Å². The lowest BCUT2D eigenvalue weighted by Crippen LogP contribution is -2.56. The summed E-state index contributed by atoms with van der Waals surface area (Å²) in [6.07, 6.45) is -7.55. The zero-order valence-corrected chi connectivity index (χ0v) is 16.8. The number of allylic oxidation sites excluding steroid dienone is 1. The van der Waals surface area contributed by atoms with Crippen molar-refractivity contribution in [3.63, 3.8) is 0 Å². The molecule has 17 heteroatoms. The van der Waals surface area contributed by atoms with Crippen molar-refractivity contribution in [2.75, 3.05) is 6.54 Å². The van der Waals surface area contributed by atoms with Gasteiger partial charge in [0.15, 0.2) is 0 Å². The van der Waals surface area contributed by atoms with Crippen molar-refractivity contribution in [3.05, 3.63) is 59.0 Å². The third kappa shape index (κ3) is 5.66. The number of esters is 1. The Morgan fingerprint density at radius 1 is 1.12 bits per heavy atom. The second-order valence-corrected chi connectivity index (χ2v) is 6.69. The van der Waals surface area contributed by atoms with E-state index in [2.05, 4.69) is 9.72 Å². The van der Waals surface area contributed by atoms with E-state index < -0.39 is 52.5 Å². The van der Waals surface area contributed by atoms with E-state index in [-0.39, 0.29) is 18.6 Å². The van der Waals surface area contributed by atoms with Gasteiger partial charge in [0.2, 0.25) is 5.88 Å². The average molecular weight is 530 g/mol. The Morgan fingerprint density at radius 2 is 1.74 bits per heavy atom. The Kier molecular flexibility index (Phi) is 7.35. The van der Waals surface area contributed by atoms with Crippen LogP contribution >= 0.6 is 11.6 Å². The van der Waals surface area contributed by atoms with Crippen LogP contribution in [0.3, 0.4) is 0 Å². The molecule has 0 amide bonds. The molecule has 0 atom stereocenters. The Bertz CT molecular complexity index is 1030. The van der Waals surface area contributed by atoms with Crippen molar-refractivity contribution in [3.8, 4) is 5.88 Å². The predicted octanol–water partition coefficient (Wildman–Crippen LogP) is 4.98. The highest BCUT2D eigenvalue weighted by atomic mass is 35.5. The molecule has 0 fully saturated rings. The summed E-state index contributed by atoms with van der Waals surface area (Å²) in [4.78, 5) is 15.5. The molecule has 1 aromatic rings. The molecule has 0 saturated heterocycles. The Balaban J connectivity index is 2.03. The largest absolute Gasteiger partial charge is 0.460 e. The molecule has 2 N–H and O–H groups in total. The molecule has 2 rings (SSSR count). The van der Waals surface area contributed by atoms with Crippen molar-refractivity contribution in [2.45, 2.75) is 24.2 Å². The van der Waals surface area contributed by atoms with Gasteiger partial charge < -0.3 is 20.1 Å². The molecule has 2 heterocycles. The molecular weight excluding hydrogens is 520 g/mol. The van der Waals surface area contributed by atoms with Crippen molar-refractivity contribution in [1.29, 1.82) is 0 Å². The SMILES string of the molecule is N/C(=C\OC(=O)C(F)(F)C(F)(F)C(F)(F)F)N1C=CC(Oc2ncc(C(F)(F)F)cc2Cl)=CC1. The fourth-order valence-corrected chi connectivity index (χ4v) is 2.28. The molecule has 1 aliphatic heterocycles. The summed E-state index contributed by atoms with van der Waals surface area (Å²) in [6.45, 7) is -0.251. The average Bonchev–Trinajstić information content (AvgIpc) is 2.71. The number of halogens is 11. The number of alkyl halides is 10. The molecule has 0 spiro atoms.